The molecule has 15 heavy (non-hydrogen) atoms. The van der Waals surface area contributed by atoms with Gasteiger partial charge in [-0.2, -0.15) is 0 Å². The summed E-state index contributed by atoms with van der Waals surface area (Å²) in [5, 5.41) is 0. The smallest absolute Gasteiger partial charge is 0.321 e. The van der Waals surface area contributed by atoms with Crippen LogP contribution in [0.2, 0.25) is 0 Å². The second-order valence-corrected chi connectivity index (χ2v) is 3.28. The van der Waals surface area contributed by atoms with Gasteiger partial charge in [-0.15, -0.1) is 0 Å². The predicted octanol–water partition coefficient (Wildman–Crippen LogP) is 1.31. The Balaban J connectivity index is 3.30. The fraction of sp³-hybridized carbons (Fsp3) is 0.800. The fourth-order valence-corrected chi connectivity index (χ4v) is 1.04. The maximum absolute atomic E-state index is 11.0. The molecule has 0 aliphatic heterocycles. The van der Waals surface area contributed by atoms with E-state index in [0.29, 0.717) is 0 Å². The number of nitrogens with two attached hydrogens (primary N) is 1. The molecule has 0 heterocycles. The first-order chi connectivity index (χ1) is 7.20. The Hall–Kier alpha value is -1.10. The van der Waals surface area contributed by atoms with Crippen LogP contribution in [0, 0.1) is 0 Å². The summed E-state index contributed by atoms with van der Waals surface area (Å²) < 4.78 is 0. The Morgan fingerprint density at radius 3 is 2.20 bits per heavy atom. The second-order valence-electron chi connectivity index (χ2n) is 3.28. The zero-order valence-corrected chi connectivity index (χ0v) is 9.16. The molecule has 0 radical (unpaired) electrons. The molecule has 0 aromatic rings. The van der Waals surface area contributed by atoms with Crippen molar-refractivity contribution in [3.8, 4) is 0 Å². The molecule has 88 valence electrons. The number of carbonyl (C=O) groups excluding carboxylic acids is 2. The number of unbranched alkanes of at least 4 members (excludes halogenated alkanes) is 4. The van der Waals surface area contributed by atoms with E-state index >= 15 is 0 Å². The summed E-state index contributed by atoms with van der Waals surface area (Å²) in [6.07, 6.45) is 5.50. The van der Waals surface area contributed by atoms with Crippen LogP contribution < -0.4 is 5.73 Å². The SMILES string of the molecule is CCCCCCCC(=O)OOC(=O)CN. The lowest BCUT2D eigenvalue weighted by Gasteiger charge is -2.01. The third-order valence-corrected chi connectivity index (χ3v) is 1.88. The quantitative estimate of drug-likeness (QED) is 0.395. The first-order valence-corrected chi connectivity index (χ1v) is 5.31. The van der Waals surface area contributed by atoms with Crippen molar-refractivity contribution in [1.82, 2.24) is 0 Å². The van der Waals surface area contributed by atoms with Crippen molar-refractivity contribution in [2.24, 2.45) is 5.73 Å². The van der Waals surface area contributed by atoms with E-state index in [1.807, 2.05) is 0 Å². The average Bonchev–Trinajstić information content (AvgIpc) is 2.25. The van der Waals surface area contributed by atoms with E-state index in [1.165, 1.54) is 12.8 Å². The first kappa shape index (κ1) is 13.9. The minimum absolute atomic E-state index is 0.279. The van der Waals surface area contributed by atoms with Crippen LogP contribution >= 0.6 is 0 Å². The van der Waals surface area contributed by atoms with Crippen LogP contribution in [0.5, 0.6) is 0 Å². The van der Waals surface area contributed by atoms with Crippen LogP contribution in [0.15, 0.2) is 0 Å². The molecule has 0 atom stereocenters. The summed E-state index contributed by atoms with van der Waals surface area (Å²) in [7, 11) is 0. The van der Waals surface area contributed by atoms with Gasteiger partial charge in [0.1, 0.15) is 0 Å². The largest absolute Gasteiger partial charge is 0.368 e. The summed E-state index contributed by atoms with van der Waals surface area (Å²) in [5.41, 5.74) is 4.95. The van der Waals surface area contributed by atoms with Crippen molar-refractivity contribution in [3.63, 3.8) is 0 Å². The zero-order chi connectivity index (χ0) is 11.5. The van der Waals surface area contributed by atoms with Gasteiger partial charge in [0.2, 0.25) is 0 Å². The first-order valence-electron chi connectivity index (χ1n) is 5.31. The van der Waals surface area contributed by atoms with Crippen LogP contribution in [-0.4, -0.2) is 18.5 Å². The fourth-order valence-electron chi connectivity index (χ4n) is 1.04. The Kier molecular flexibility index (Phi) is 8.76. The van der Waals surface area contributed by atoms with Gasteiger partial charge in [-0.25, -0.2) is 19.4 Å². The van der Waals surface area contributed by atoms with Crippen LogP contribution in [0.1, 0.15) is 45.4 Å². The molecule has 0 bridgehead atoms. The zero-order valence-electron chi connectivity index (χ0n) is 9.16. The molecule has 0 fully saturated rings. The van der Waals surface area contributed by atoms with Gasteiger partial charge in [-0.3, -0.25) is 0 Å². The van der Waals surface area contributed by atoms with Gasteiger partial charge in [0.25, 0.3) is 0 Å². The second kappa shape index (κ2) is 9.45. The van der Waals surface area contributed by atoms with Gasteiger partial charge >= 0.3 is 11.9 Å². The topological polar surface area (TPSA) is 78.6 Å². The molecule has 0 aromatic heterocycles. The molecule has 5 heteroatoms. The Morgan fingerprint density at radius 1 is 1.00 bits per heavy atom. The van der Waals surface area contributed by atoms with Gasteiger partial charge in [-0.1, -0.05) is 32.6 Å². The van der Waals surface area contributed by atoms with Gasteiger partial charge in [-0.05, 0) is 6.42 Å². The number of hydrogen-bond donors (Lipinski definition) is 1. The third-order valence-electron chi connectivity index (χ3n) is 1.88. The highest BCUT2D eigenvalue weighted by molar-refractivity contribution is 5.73. The van der Waals surface area contributed by atoms with Crippen molar-refractivity contribution in [3.05, 3.63) is 0 Å². The molecule has 0 saturated carbocycles. The van der Waals surface area contributed by atoms with Crippen LogP contribution in [0.3, 0.4) is 0 Å². The molecule has 0 spiro atoms. The molecule has 0 aromatic carbocycles. The van der Waals surface area contributed by atoms with Crippen molar-refractivity contribution in [2.45, 2.75) is 45.4 Å². The molecule has 0 amide bonds. The van der Waals surface area contributed by atoms with Crippen LogP contribution in [0.4, 0.5) is 0 Å². The predicted molar refractivity (Wildman–Crippen MR) is 54.6 cm³/mol. The molecule has 0 unspecified atom stereocenters. The summed E-state index contributed by atoms with van der Waals surface area (Å²) >= 11 is 0. The molecule has 2 N–H and O–H groups in total. The van der Waals surface area contributed by atoms with Gasteiger partial charge in [0.15, 0.2) is 0 Å². The normalized spacial score (nSPS) is 9.73. The molecule has 0 aliphatic carbocycles. The van der Waals surface area contributed by atoms with Crippen molar-refractivity contribution in [1.29, 1.82) is 0 Å². The maximum Gasteiger partial charge on any atom is 0.368 e. The van der Waals surface area contributed by atoms with Gasteiger partial charge in [0.05, 0.1) is 13.0 Å². The average molecular weight is 217 g/mol. The minimum Gasteiger partial charge on any atom is -0.321 e. The highest BCUT2D eigenvalue weighted by atomic mass is 17.2. The Bertz CT molecular complexity index is 194. The number of carbonyl (C=O) groups is 2. The van der Waals surface area contributed by atoms with E-state index in [2.05, 4.69) is 16.7 Å². The lowest BCUT2D eigenvalue weighted by Crippen LogP contribution is -2.19. The lowest BCUT2D eigenvalue weighted by atomic mass is 10.1. The third kappa shape index (κ3) is 9.21. The van der Waals surface area contributed by atoms with Gasteiger partial charge < -0.3 is 5.73 Å². The van der Waals surface area contributed by atoms with Crippen molar-refractivity contribution < 1.29 is 19.4 Å². The Morgan fingerprint density at radius 2 is 1.60 bits per heavy atom. The Labute approximate surface area is 89.8 Å². The van der Waals surface area contributed by atoms with E-state index in [1.54, 1.807) is 0 Å². The highest BCUT2D eigenvalue weighted by Gasteiger charge is 2.07. The molecular weight excluding hydrogens is 198 g/mol. The number of hydrogen-bond acceptors (Lipinski definition) is 5. The summed E-state index contributed by atoms with van der Waals surface area (Å²) in [6.45, 7) is 1.84. The monoisotopic (exact) mass is 217 g/mol. The number of rotatable bonds is 7. The molecule has 5 nitrogen and oxygen atoms in total. The molecular formula is C10H19NO4. The van der Waals surface area contributed by atoms with E-state index in [9.17, 15) is 9.59 Å². The summed E-state index contributed by atoms with van der Waals surface area (Å²) in [4.78, 5) is 29.8. The van der Waals surface area contributed by atoms with Crippen LogP contribution in [0.25, 0.3) is 0 Å². The molecule has 0 rings (SSSR count). The van der Waals surface area contributed by atoms with E-state index in [0.717, 1.165) is 19.3 Å². The molecule has 0 saturated heterocycles. The van der Waals surface area contributed by atoms with E-state index < -0.39 is 11.9 Å². The summed E-state index contributed by atoms with van der Waals surface area (Å²) in [6, 6.07) is 0. The van der Waals surface area contributed by atoms with Crippen LogP contribution in [-0.2, 0) is 19.4 Å². The summed E-state index contributed by atoms with van der Waals surface area (Å²) in [5.74, 6) is -1.26. The molecule has 0 aliphatic rings. The van der Waals surface area contributed by atoms with Crippen molar-refractivity contribution >= 4 is 11.9 Å². The van der Waals surface area contributed by atoms with Crippen molar-refractivity contribution in [2.75, 3.05) is 6.54 Å². The van der Waals surface area contributed by atoms with Gasteiger partial charge in [0, 0.05) is 0 Å². The van der Waals surface area contributed by atoms with E-state index in [4.69, 9.17) is 5.73 Å². The standard InChI is InChI=1S/C10H19NO4/c1-2-3-4-5-6-7-9(12)14-15-10(13)8-11/h2-8,11H2,1H3. The maximum atomic E-state index is 11.0. The van der Waals surface area contributed by atoms with E-state index in [-0.39, 0.29) is 13.0 Å². The minimum atomic E-state index is -0.741. The highest BCUT2D eigenvalue weighted by Crippen LogP contribution is 2.05. The lowest BCUT2D eigenvalue weighted by molar-refractivity contribution is -0.257.